The molecular weight excluding hydrogens is 714 g/mol. The number of nitrogens with zero attached hydrogens (tertiary/aromatic N) is 5. The van der Waals surface area contributed by atoms with Gasteiger partial charge < -0.3 is 19.1 Å². The van der Waals surface area contributed by atoms with Crippen LogP contribution >= 0.6 is 0 Å². The minimum absolute atomic E-state index is 0. The number of hydrogen-bond donors (Lipinski definition) is 0. The van der Waals surface area contributed by atoms with Crippen molar-refractivity contribution in [1.82, 2.24) is 9.55 Å². The smallest absolute Gasteiger partial charge is 0.135 e. The molecule has 6 nitrogen and oxygen atoms in total. The minimum Gasteiger partial charge on any atom is -0.509 e. The van der Waals surface area contributed by atoms with Gasteiger partial charge in [0.05, 0.1) is 11.6 Å². The summed E-state index contributed by atoms with van der Waals surface area (Å²) in [5.74, 6) is 1.93. The van der Waals surface area contributed by atoms with Crippen LogP contribution in [0.15, 0.2) is 91.1 Å². The van der Waals surface area contributed by atoms with Crippen LogP contribution in [0.25, 0.3) is 27.6 Å². The molecule has 7 heteroatoms. The third-order valence-corrected chi connectivity index (χ3v) is 7.66. The van der Waals surface area contributed by atoms with Gasteiger partial charge in [-0.25, -0.2) is 4.98 Å². The molecule has 0 amide bonds. The standard InChI is InChI=1S/C36H28N5O.Pt/c1-36(2,3)25-13-17-35(38-22-25)41-31-16-12-24(21-37)18-30(31)29-15-14-28(20-34(29)41)42-27-9-7-8-26(19-27)40-23-39(4)32-10-5-6-11-33(32)40;/h5-18,22-23H,1-4H3;/q-3;. The molecule has 0 spiro atoms. The number of pyridine rings is 1. The van der Waals surface area contributed by atoms with Gasteiger partial charge in [0.1, 0.15) is 5.82 Å². The quantitative estimate of drug-likeness (QED) is 0.170. The molecule has 7 rings (SSSR count). The molecule has 1 aliphatic heterocycles. The van der Waals surface area contributed by atoms with E-state index >= 15 is 0 Å². The second-order valence-corrected chi connectivity index (χ2v) is 11.5. The van der Waals surface area contributed by atoms with Crippen molar-refractivity contribution in [2.75, 3.05) is 16.8 Å². The van der Waals surface area contributed by atoms with E-state index in [1.54, 1.807) is 0 Å². The predicted octanol–water partition coefficient (Wildman–Crippen LogP) is 8.45. The molecule has 0 fully saturated rings. The zero-order valence-corrected chi connectivity index (χ0v) is 26.5. The van der Waals surface area contributed by atoms with Crippen molar-refractivity contribution < 1.29 is 25.8 Å². The summed E-state index contributed by atoms with van der Waals surface area (Å²) in [5, 5.41) is 11.5. The van der Waals surface area contributed by atoms with Gasteiger partial charge in [-0.2, -0.15) is 24.1 Å². The first-order valence-corrected chi connectivity index (χ1v) is 13.8. The first-order valence-electron chi connectivity index (χ1n) is 13.8. The normalized spacial score (nSPS) is 12.7. The zero-order valence-electron chi connectivity index (χ0n) is 24.2. The van der Waals surface area contributed by atoms with Crippen molar-refractivity contribution in [3.63, 3.8) is 0 Å². The summed E-state index contributed by atoms with van der Waals surface area (Å²) in [6.45, 7) is 8.57. The summed E-state index contributed by atoms with van der Waals surface area (Å²) < 4.78 is 8.43. The molecule has 0 aliphatic carbocycles. The molecule has 0 unspecified atom stereocenters. The van der Waals surface area contributed by atoms with Gasteiger partial charge >= 0.3 is 0 Å². The van der Waals surface area contributed by atoms with E-state index in [9.17, 15) is 5.26 Å². The first-order chi connectivity index (χ1) is 20.3. The van der Waals surface area contributed by atoms with Gasteiger partial charge in [-0.3, -0.25) is 0 Å². The molecule has 0 saturated carbocycles. The third kappa shape index (κ3) is 5.05. The van der Waals surface area contributed by atoms with E-state index in [1.165, 1.54) is 0 Å². The fourth-order valence-corrected chi connectivity index (χ4v) is 5.46. The number of hydrogen-bond acceptors (Lipinski definition) is 5. The Morgan fingerprint density at radius 3 is 2.40 bits per heavy atom. The predicted molar refractivity (Wildman–Crippen MR) is 167 cm³/mol. The average Bonchev–Trinajstić information content (AvgIpc) is 3.51. The zero-order chi connectivity index (χ0) is 29.0. The Bertz CT molecular complexity index is 2020. The minimum atomic E-state index is -0.00343. The molecule has 4 aromatic carbocycles. The molecule has 6 aromatic rings. The Balaban J connectivity index is 0.00000329. The molecule has 1 aliphatic rings. The van der Waals surface area contributed by atoms with Crippen LogP contribution in [-0.4, -0.2) is 16.6 Å². The Kier molecular flexibility index (Phi) is 7.24. The first kappa shape index (κ1) is 28.5. The SMILES string of the molecule is CN1[CH-]N(c2[c-]c(Oc3[c-]c4c(cc3)c3cc(C#N)ccc3n4-c3ccc(C(C)(C)C)cn3)ccc2)c2ccccc21.[Pt]. The van der Waals surface area contributed by atoms with Gasteiger partial charge in [0, 0.05) is 55.7 Å². The molecule has 0 bridgehead atoms. The topological polar surface area (TPSA) is 57.3 Å². The number of aromatic nitrogens is 2. The van der Waals surface area contributed by atoms with Gasteiger partial charge in [-0.15, -0.1) is 41.4 Å². The van der Waals surface area contributed by atoms with Crippen LogP contribution in [0.2, 0.25) is 0 Å². The van der Waals surface area contributed by atoms with Crippen molar-refractivity contribution >= 4 is 38.9 Å². The summed E-state index contributed by atoms with van der Waals surface area (Å²) in [4.78, 5) is 9.04. The van der Waals surface area contributed by atoms with Crippen molar-refractivity contribution in [2.24, 2.45) is 0 Å². The Labute approximate surface area is 266 Å². The Hall–Kier alpha value is -4.59. The molecule has 43 heavy (non-hydrogen) atoms. The van der Waals surface area contributed by atoms with Crippen LogP contribution in [0.3, 0.4) is 0 Å². The third-order valence-electron chi connectivity index (χ3n) is 7.66. The number of fused-ring (bicyclic) bond motifs is 4. The van der Waals surface area contributed by atoms with Crippen molar-refractivity contribution in [3.05, 3.63) is 121 Å². The van der Waals surface area contributed by atoms with Crippen LogP contribution in [-0.2, 0) is 26.5 Å². The van der Waals surface area contributed by atoms with Gasteiger partial charge in [-0.05, 0) is 59.8 Å². The Morgan fingerprint density at radius 1 is 0.860 bits per heavy atom. The van der Waals surface area contributed by atoms with E-state index in [4.69, 9.17) is 9.72 Å². The number of anilines is 3. The van der Waals surface area contributed by atoms with Crippen LogP contribution in [0, 0.1) is 30.1 Å². The van der Waals surface area contributed by atoms with E-state index in [0.29, 0.717) is 17.1 Å². The number of ether oxygens (including phenoxy) is 1. The van der Waals surface area contributed by atoms with Gasteiger partial charge in [0.2, 0.25) is 0 Å². The van der Waals surface area contributed by atoms with E-state index in [2.05, 4.69) is 71.5 Å². The molecule has 0 saturated heterocycles. The maximum Gasteiger partial charge on any atom is 0.135 e. The number of rotatable bonds is 4. The summed E-state index contributed by atoms with van der Waals surface area (Å²) in [7, 11) is 2.04. The van der Waals surface area contributed by atoms with Crippen LogP contribution < -0.4 is 14.5 Å². The van der Waals surface area contributed by atoms with Gasteiger partial charge in [-0.1, -0.05) is 44.5 Å². The van der Waals surface area contributed by atoms with Crippen molar-refractivity contribution in [2.45, 2.75) is 26.2 Å². The molecular formula is C36H28N5OPt-3. The van der Waals surface area contributed by atoms with Crippen LogP contribution in [0.4, 0.5) is 17.1 Å². The number of benzene rings is 4. The van der Waals surface area contributed by atoms with E-state index < -0.39 is 0 Å². The summed E-state index contributed by atoms with van der Waals surface area (Å²) in [6, 6.07) is 37.2. The molecule has 2 aromatic heterocycles. The second-order valence-electron chi connectivity index (χ2n) is 11.5. The molecule has 0 atom stereocenters. The molecule has 0 radical (unpaired) electrons. The maximum absolute atomic E-state index is 9.57. The summed E-state index contributed by atoms with van der Waals surface area (Å²) in [5.41, 5.74) is 6.65. The van der Waals surface area contributed by atoms with Gasteiger partial charge in [0.15, 0.2) is 0 Å². The van der Waals surface area contributed by atoms with Crippen LogP contribution in [0.5, 0.6) is 11.5 Å². The molecule has 3 heterocycles. The van der Waals surface area contributed by atoms with E-state index in [1.807, 2.05) is 86.6 Å². The number of nitriles is 1. The Morgan fingerprint density at radius 2 is 1.65 bits per heavy atom. The largest absolute Gasteiger partial charge is 0.509 e. The summed E-state index contributed by atoms with van der Waals surface area (Å²) in [6.07, 6.45) is 1.93. The maximum atomic E-state index is 9.57. The second kappa shape index (κ2) is 10.9. The van der Waals surface area contributed by atoms with E-state index in [0.717, 1.165) is 50.2 Å². The van der Waals surface area contributed by atoms with Crippen LogP contribution in [0.1, 0.15) is 31.9 Å². The van der Waals surface area contributed by atoms with E-state index in [-0.39, 0.29) is 26.5 Å². The fourth-order valence-electron chi connectivity index (χ4n) is 5.46. The van der Waals surface area contributed by atoms with Crippen molar-refractivity contribution in [1.29, 1.82) is 5.26 Å². The fraction of sp³-hybridized carbons (Fsp3) is 0.139. The van der Waals surface area contributed by atoms with Gasteiger partial charge in [0.25, 0.3) is 0 Å². The molecule has 216 valence electrons. The number of para-hydroxylation sites is 2. The molecule has 0 N–H and O–H groups in total. The monoisotopic (exact) mass is 741 g/mol. The summed E-state index contributed by atoms with van der Waals surface area (Å²) >= 11 is 0. The average molecular weight is 742 g/mol. The van der Waals surface area contributed by atoms with Crippen molar-refractivity contribution in [3.8, 4) is 23.4 Å².